The van der Waals surface area contributed by atoms with Gasteiger partial charge in [0.25, 0.3) is 5.91 Å². The average molecular weight is 499 g/mol. The molecule has 1 N–H and O–H groups in total. The maximum absolute atomic E-state index is 12.9. The lowest BCUT2D eigenvalue weighted by atomic mass is 9.87. The number of nitrogens with one attached hydrogen (secondary N) is 1. The number of H-pyrrole nitrogens is 1. The third-order valence-electron chi connectivity index (χ3n) is 7.13. The number of aromatic nitrogens is 2. The molecule has 194 valence electrons. The van der Waals surface area contributed by atoms with Crippen LogP contribution in [-0.4, -0.2) is 52.4 Å². The van der Waals surface area contributed by atoms with Gasteiger partial charge in [0.05, 0.1) is 13.2 Å². The van der Waals surface area contributed by atoms with E-state index < -0.39 is 0 Å². The molecule has 1 aliphatic heterocycles. The quantitative estimate of drug-likeness (QED) is 0.366. The summed E-state index contributed by atoms with van der Waals surface area (Å²) in [7, 11) is 1.71. The number of fused-ring (bicyclic) bond motifs is 1. The zero-order valence-corrected chi connectivity index (χ0v) is 22.6. The Bertz CT molecular complexity index is 1270. The Hall–Kier alpha value is -3.64. The number of carbonyl (C=O) groups is 1. The molecule has 2 heterocycles. The van der Waals surface area contributed by atoms with Crippen molar-refractivity contribution in [3.05, 3.63) is 101 Å². The van der Waals surface area contributed by atoms with Crippen molar-refractivity contribution in [2.24, 2.45) is 0 Å². The summed E-state index contributed by atoms with van der Waals surface area (Å²) in [5.74, 6) is 1.84. The van der Waals surface area contributed by atoms with Crippen molar-refractivity contribution in [2.75, 3.05) is 26.7 Å². The second kappa shape index (κ2) is 12.1. The highest BCUT2D eigenvalue weighted by molar-refractivity contribution is 5.94. The normalized spacial score (nSPS) is 16.1. The first-order chi connectivity index (χ1) is 18.0. The lowest BCUT2D eigenvalue weighted by Crippen LogP contribution is -2.36. The third-order valence-corrected chi connectivity index (χ3v) is 7.13. The average Bonchev–Trinajstić information content (AvgIpc) is 3.40. The van der Waals surface area contributed by atoms with Crippen LogP contribution in [-0.2, 0) is 13.0 Å². The summed E-state index contributed by atoms with van der Waals surface area (Å²) in [5.41, 5.74) is 6.64. The lowest BCUT2D eigenvalue weighted by molar-refractivity contribution is 0.0773. The maximum atomic E-state index is 12.9. The summed E-state index contributed by atoms with van der Waals surface area (Å²) in [5, 5.41) is 0. The molecule has 2 aromatic carbocycles. The molecule has 6 heteroatoms. The van der Waals surface area contributed by atoms with Gasteiger partial charge in [-0.2, -0.15) is 0 Å². The van der Waals surface area contributed by atoms with Crippen LogP contribution in [0, 0.1) is 0 Å². The second-order valence-electron chi connectivity index (χ2n) is 9.29. The van der Waals surface area contributed by atoms with Gasteiger partial charge in [-0.3, -0.25) is 9.69 Å². The molecule has 6 nitrogen and oxygen atoms in total. The number of carbonyl (C=O) groups excluding carboxylic acids is 1. The van der Waals surface area contributed by atoms with Crippen LogP contribution in [0.2, 0.25) is 0 Å². The summed E-state index contributed by atoms with van der Waals surface area (Å²) in [6.07, 6.45) is 9.04. The minimum Gasteiger partial charge on any atom is -0.497 e. The monoisotopic (exact) mass is 498 g/mol. The molecule has 0 spiro atoms. The van der Waals surface area contributed by atoms with Gasteiger partial charge in [0.1, 0.15) is 11.6 Å². The van der Waals surface area contributed by atoms with E-state index in [0.717, 1.165) is 47.9 Å². The number of rotatable bonds is 9. The van der Waals surface area contributed by atoms with Crippen LogP contribution in [0.25, 0.3) is 5.57 Å². The van der Waals surface area contributed by atoms with Gasteiger partial charge in [0, 0.05) is 49.2 Å². The molecule has 4 rings (SSSR count). The Labute approximate surface area is 220 Å². The first-order valence-corrected chi connectivity index (χ1v) is 13.2. The van der Waals surface area contributed by atoms with Crippen molar-refractivity contribution in [3.63, 3.8) is 0 Å². The van der Waals surface area contributed by atoms with E-state index in [0.29, 0.717) is 13.1 Å². The van der Waals surface area contributed by atoms with Crippen LogP contribution in [0.15, 0.2) is 66.9 Å². The number of nitrogens with zero attached hydrogens (tertiary/aromatic N) is 3. The molecule has 0 saturated carbocycles. The number of hydrogen-bond donors (Lipinski definition) is 1. The summed E-state index contributed by atoms with van der Waals surface area (Å²) >= 11 is 0. The smallest absolute Gasteiger partial charge is 0.253 e. The van der Waals surface area contributed by atoms with Crippen molar-refractivity contribution >= 4 is 11.5 Å². The van der Waals surface area contributed by atoms with Crippen LogP contribution in [0.1, 0.15) is 72.3 Å². The molecular formula is C31H38N4O2. The molecule has 1 aliphatic rings. The molecule has 0 bridgehead atoms. The maximum Gasteiger partial charge on any atom is 0.253 e. The molecule has 0 saturated heterocycles. The van der Waals surface area contributed by atoms with Crippen LogP contribution in [0.5, 0.6) is 5.75 Å². The molecule has 1 unspecified atom stereocenters. The second-order valence-corrected chi connectivity index (χ2v) is 9.29. The van der Waals surface area contributed by atoms with Crippen LogP contribution in [0.4, 0.5) is 0 Å². The topological polar surface area (TPSA) is 61.5 Å². The largest absolute Gasteiger partial charge is 0.497 e. The predicted molar refractivity (Wildman–Crippen MR) is 150 cm³/mol. The number of ether oxygens (including phenoxy) is 1. The molecule has 0 fully saturated rings. The highest BCUT2D eigenvalue weighted by Gasteiger charge is 2.30. The fourth-order valence-electron chi connectivity index (χ4n) is 5.14. The highest BCUT2D eigenvalue weighted by Crippen LogP contribution is 2.37. The Balaban J connectivity index is 1.67. The number of amides is 1. The first-order valence-electron chi connectivity index (χ1n) is 13.2. The van der Waals surface area contributed by atoms with Crippen molar-refractivity contribution in [1.82, 2.24) is 19.8 Å². The number of methoxy groups -OCH3 is 1. The predicted octanol–water partition coefficient (Wildman–Crippen LogP) is 6.03. The van der Waals surface area contributed by atoms with E-state index in [1.54, 1.807) is 7.11 Å². The summed E-state index contributed by atoms with van der Waals surface area (Å²) in [6, 6.07) is 14.6. The van der Waals surface area contributed by atoms with Crippen LogP contribution < -0.4 is 4.74 Å². The van der Waals surface area contributed by atoms with Gasteiger partial charge in [-0.15, -0.1) is 0 Å². The first kappa shape index (κ1) is 26.4. The van der Waals surface area contributed by atoms with E-state index in [1.807, 2.05) is 63.1 Å². The molecule has 37 heavy (non-hydrogen) atoms. The number of hydrogen-bond acceptors (Lipinski definition) is 4. The van der Waals surface area contributed by atoms with E-state index in [2.05, 4.69) is 51.3 Å². The van der Waals surface area contributed by atoms with Gasteiger partial charge in [0.15, 0.2) is 0 Å². The molecular weight excluding hydrogens is 460 g/mol. The van der Waals surface area contributed by atoms with Crippen molar-refractivity contribution < 1.29 is 9.53 Å². The summed E-state index contributed by atoms with van der Waals surface area (Å²) < 4.78 is 5.51. The lowest BCUT2D eigenvalue weighted by Gasteiger charge is -2.37. The minimum atomic E-state index is 0.0655. The summed E-state index contributed by atoms with van der Waals surface area (Å²) in [4.78, 5) is 25.4. The molecule has 0 aliphatic carbocycles. The fraction of sp³-hybridized carbons (Fsp3) is 0.355. The molecule has 1 atom stereocenters. The molecule has 0 radical (unpaired) electrons. The third kappa shape index (κ3) is 5.70. The number of allylic oxidation sites excluding steroid dienone is 4. The minimum absolute atomic E-state index is 0.0655. The zero-order chi connectivity index (χ0) is 26.4. The fourth-order valence-corrected chi connectivity index (χ4v) is 5.14. The van der Waals surface area contributed by atoms with Crippen LogP contribution >= 0.6 is 0 Å². The van der Waals surface area contributed by atoms with E-state index >= 15 is 0 Å². The van der Waals surface area contributed by atoms with Gasteiger partial charge < -0.3 is 14.6 Å². The Morgan fingerprint density at radius 3 is 2.57 bits per heavy atom. The van der Waals surface area contributed by atoms with Gasteiger partial charge in [0.2, 0.25) is 0 Å². The highest BCUT2D eigenvalue weighted by atomic mass is 16.5. The van der Waals surface area contributed by atoms with Crippen LogP contribution in [0.3, 0.4) is 0 Å². The van der Waals surface area contributed by atoms with E-state index in [1.165, 1.54) is 16.7 Å². The van der Waals surface area contributed by atoms with Crippen molar-refractivity contribution in [2.45, 2.75) is 46.7 Å². The number of imidazole rings is 1. The van der Waals surface area contributed by atoms with Gasteiger partial charge in [-0.05, 0) is 75.1 Å². The van der Waals surface area contributed by atoms with E-state index in [4.69, 9.17) is 4.74 Å². The van der Waals surface area contributed by atoms with E-state index in [-0.39, 0.29) is 11.9 Å². The Morgan fingerprint density at radius 1 is 1.16 bits per heavy atom. The van der Waals surface area contributed by atoms with E-state index in [9.17, 15) is 4.79 Å². The SMILES string of the molecule is C/C=C\C(=C/C)c1ncc(CN2CCc3cc(OC)ccc3C2c2ccc(C(=O)N(CC)CC)cc2)[nH]1. The molecule has 1 amide bonds. The number of aromatic amines is 1. The Kier molecular flexibility index (Phi) is 8.62. The standard InChI is InChI=1S/C31H38N4O2/c1-6-10-22(7-2)30-32-20-26(33-30)21-35-18-17-25-19-27(37-5)15-16-28(25)29(35)23-11-13-24(14-12-23)31(36)34(8-3)9-4/h6-7,10-16,19-20,29H,8-9,17-18,21H2,1-5H3,(H,32,33)/b10-6-,22-7+. The Morgan fingerprint density at radius 2 is 1.92 bits per heavy atom. The van der Waals surface area contributed by atoms with Crippen molar-refractivity contribution in [1.29, 1.82) is 0 Å². The van der Waals surface area contributed by atoms with Gasteiger partial charge >= 0.3 is 0 Å². The molecule has 3 aromatic rings. The van der Waals surface area contributed by atoms with Gasteiger partial charge in [-0.1, -0.05) is 36.4 Å². The number of benzene rings is 2. The van der Waals surface area contributed by atoms with Gasteiger partial charge in [-0.25, -0.2) is 4.98 Å². The molecule has 1 aromatic heterocycles. The van der Waals surface area contributed by atoms with Crippen molar-refractivity contribution in [3.8, 4) is 5.75 Å². The zero-order valence-electron chi connectivity index (χ0n) is 22.6. The summed E-state index contributed by atoms with van der Waals surface area (Å²) in [6.45, 7) is 11.1.